The molecule has 0 unspecified atom stereocenters. The number of unbranched alkanes of at least 4 members (excludes halogenated alkanes) is 3. The lowest BCUT2D eigenvalue weighted by Crippen LogP contribution is -2.10. The number of rotatable bonds is 10. The second-order valence-corrected chi connectivity index (χ2v) is 8.47. The molecule has 1 aliphatic carbocycles. The van der Waals surface area contributed by atoms with E-state index in [-0.39, 0.29) is 11.4 Å². The van der Waals surface area contributed by atoms with E-state index in [9.17, 15) is 4.79 Å². The summed E-state index contributed by atoms with van der Waals surface area (Å²) in [5.41, 5.74) is 0.923. The zero-order chi connectivity index (χ0) is 20.0. The molecule has 28 heavy (non-hydrogen) atoms. The van der Waals surface area contributed by atoms with E-state index < -0.39 is 0 Å². The van der Waals surface area contributed by atoms with Gasteiger partial charge in [-0.15, -0.1) is 0 Å². The molecular formula is C26H34O2. The van der Waals surface area contributed by atoms with Gasteiger partial charge in [-0.3, -0.25) is 0 Å². The van der Waals surface area contributed by atoms with E-state index in [2.05, 4.69) is 39.0 Å². The Labute approximate surface area is 170 Å². The third kappa shape index (κ3) is 4.66. The second-order valence-electron chi connectivity index (χ2n) is 8.47. The first-order chi connectivity index (χ1) is 13.6. The molecule has 0 N–H and O–H groups in total. The van der Waals surface area contributed by atoms with Crippen molar-refractivity contribution in [3.8, 4) is 0 Å². The number of fused-ring (bicyclic) bond motifs is 1. The van der Waals surface area contributed by atoms with Gasteiger partial charge in [-0.25, -0.2) is 4.79 Å². The molecule has 3 rings (SSSR count). The SMILES string of the molecule is CCCC/C=C/[C@@H]1[C@H](COC(=O)c2ccc3ccccc3c2)[C@@]1(C)CCCC. The smallest absolute Gasteiger partial charge is 0.338 e. The van der Waals surface area contributed by atoms with Crippen LogP contribution in [0, 0.1) is 17.3 Å². The zero-order valence-electron chi connectivity index (χ0n) is 17.6. The summed E-state index contributed by atoms with van der Waals surface area (Å²) in [5, 5.41) is 2.22. The third-order valence-corrected chi connectivity index (χ3v) is 6.45. The van der Waals surface area contributed by atoms with Gasteiger partial charge in [0.2, 0.25) is 0 Å². The van der Waals surface area contributed by atoms with Crippen molar-refractivity contribution in [1.82, 2.24) is 0 Å². The Balaban J connectivity index is 1.61. The summed E-state index contributed by atoms with van der Waals surface area (Å²) in [6, 6.07) is 13.9. The average Bonchev–Trinajstić information content (AvgIpc) is 3.29. The molecule has 1 saturated carbocycles. The van der Waals surface area contributed by atoms with Crippen molar-refractivity contribution in [2.75, 3.05) is 6.61 Å². The predicted molar refractivity (Wildman–Crippen MR) is 118 cm³/mol. The minimum atomic E-state index is -0.204. The highest BCUT2D eigenvalue weighted by Gasteiger charge is 2.59. The van der Waals surface area contributed by atoms with E-state index >= 15 is 0 Å². The number of ether oxygens (including phenoxy) is 1. The van der Waals surface area contributed by atoms with Gasteiger partial charge in [0.05, 0.1) is 12.2 Å². The van der Waals surface area contributed by atoms with Crippen LogP contribution in [-0.4, -0.2) is 12.6 Å². The van der Waals surface area contributed by atoms with Crippen LogP contribution in [0.5, 0.6) is 0 Å². The Hall–Kier alpha value is -2.09. The molecule has 2 aromatic rings. The molecule has 0 bridgehead atoms. The van der Waals surface area contributed by atoms with E-state index in [0.717, 1.165) is 17.2 Å². The highest BCUT2D eigenvalue weighted by Crippen LogP contribution is 2.62. The van der Waals surface area contributed by atoms with Gasteiger partial charge in [-0.1, -0.05) is 88.9 Å². The molecule has 1 fully saturated rings. The Bertz CT molecular complexity index is 822. The lowest BCUT2D eigenvalue weighted by Gasteiger charge is -2.11. The van der Waals surface area contributed by atoms with Crippen LogP contribution in [0.4, 0.5) is 0 Å². The third-order valence-electron chi connectivity index (χ3n) is 6.45. The molecule has 2 aromatic carbocycles. The highest BCUT2D eigenvalue weighted by atomic mass is 16.5. The van der Waals surface area contributed by atoms with Crippen molar-refractivity contribution in [3.63, 3.8) is 0 Å². The number of carbonyl (C=O) groups excluding carboxylic acids is 1. The average molecular weight is 379 g/mol. The molecule has 2 heteroatoms. The van der Waals surface area contributed by atoms with Gasteiger partial charge >= 0.3 is 5.97 Å². The van der Waals surface area contributed by atoms with E-state index in [1.54, 1.807) is 0 Å². The summed E-state index contributed by atoms with van der Waals surface area (Å²) in [4.78, 5) is 12.6. The fourth-order valence-electron chi connectivity index (χ4n) is 4.39. The number of benzene rings is 2. The molecule has 0 radical (unpaired) electrons. The predicted octanol–water partition coefficient (Wildman–Crippen LogP) is 7.19. The van der Waals surface area contributed by atoms with E-state index in [1.807, 2.05) is 36.4 Å². The van der Waals surface area contributed by atoms with Gasteiger partial charge < -0.3 is 4.74 Å². The zero-order valence-corrected chi connectivity index (χ0v) is 17.6. The quantitative estimate of drug-likeness (QED) is 0.248. The Morgan fingerprint density at radius 2 is 1.82 bits per heavy atom. The molecular weight excluding hydrogens is 344 g/mol. The summed E-state index contributed by atoms with van der Waals surface area (Å²) < 4.78 is 5.76. The van der Waals surface area contributed by atoms with Crippen LogP contribution in [0.1, 0.15) is 69.7 Å². The Kier molecular flexibility index (Phi) is 6.93. The fourth-order valence-corrected chi connectivity index (χ4v) is 4.39. The van der Waals surface area contributed by atoms with Gasteiger partial charge in [0, 0.05) is 5.92 Å². The summed E-state index contributed by atoms with van der Waals surface area (Å²) in [6.07, 6.45) is 12.0. The fraction of sp³-hybridized carbons (Fsp3) is 0.500. The van der Waals surface area contributed by atoms with E-state index in [4.69, 9.17) is 4.74 Å². The maximum Gasteiger partial charge on any atom is 0.338 e. The first kappa shape index (κ1) is 20.6. The minimum Gasteiger partial charge on any atom is -0.462 e. The molecule has 0 aliphatic heterocycles. The minimum absolute atomic E-state index is 0.204. The molecule has 0 aromatic heterocycles. The summed E-state index contributed by atoms with van der Waals surface area (Å²) in [6.45, 7) is 7.36. The van der Waals surface area contributed by atoms with E-state index in [0.29, 0.717) is 24.0 Å². The molecule has 1 aliphatic rings. The standard InChI is InChI=1S/C26H34O2/c1-4-6-8-9-14-23-24(26(23,3)17-7-5-2)19-28-25(27)22-16-15-20-12-10-11-13-21(20)18-22/h9-16,18,23-24H,4-8,17,19H2,1-3H3/b14-9+/t23-,24+,26+/m1/s1. The number of carbonyl (C=O) groups is 1. The Morgan fingerprint density at radius 3 is 2.57 bits per heavy atom. The molecule has 0 heterocycles. The number of hydrogen-bond acceptors (Lipinski definition) is 2. The van der Waals surface area contributed by atoms with Crippen LogP contribution in [0.15, 0.2) is 54.6 Å². The summed E-state index contributed by atoms with van der Waals surface area (Å²) in [7, 11) is 0. The summed E-state index contributed by atoms with van der Waals surface area (Å²) >= 11 is 0. The number of esters is 1. The lowest BCUT2D eigenvalue weighted by molar-refractivity contribution is 0.0468. The van der Waals surface area contributed by atoms with Crippen molar-refractivity contribution in [3.05, 3.63) is 60.2 Å². The molecule has 0 saturated heterocycles. The topological polar surface area (TPSA) is 26.3 Å². The van der Waals surface area contributed by atoms with E-state index in [1.165, 1.54) is 32.1 Å². The van der Waals surface area contributed by atoms with Crippen molar-refractivity contribution in [2.24, 2.45) is 17.3 Å². The molecule has 2 nitrogen and oxygen atoms in total. The van der Waals surface area contributed by atoms with Gasteiger partial charge in [0.15, 0.2) is 0 Å². The van der Waals surface area contributed by atoms with Crippen LogP contribution in [0.25, 0.3) is 10.8 Å². The van der Waals surface area contributed by atoms with Crippen LogP contribution in [-0.2, 0) is 4.74 Å². The van der Waals surface area contributed by atoms with Gasteiger partial charge in [-0.2, -0.15) is 0 Å². The molecule has 0 spiro atoms. The largest absolute Gasteiger partial charge is 0.462 e. The highest BCUT2D eigenvalue weighted by molar-refractivity contribution is 5.95. The van der Waals surface area contributed by atoms with Gasteiger partial charge in [-0.05, 0) is 47.1 Å². The maximum absolute atomic E-state index is 12.6. The van der Waals surface area contributed by atoms with Crippen molar-refractivity contribution >= 4 is 16.7 Å². The van der Waals surface area contributed by atoms with Gasteiger partial charge in [0.1, 0.15) is 0 Å². The first-order valence-electron chi connectivity index (χ1n) is 10.9. The lowest BCUT2D eigenvalue weighted by atomic mass is 9.97. The monoisotopic (exact) mass is 378 g/mol. The Morgan fingerprint density at radius 1 is 1.07 bits per heavy atom. The molecule has 0 amide bonds. The van der Waals surface area contributed by atoms with Gasteiger partial charge in [0.25, 0.3) is 0 Å². The van der Waals surface area contributed by atoms with Crippen LogP contribution in [0.3, 0.4) is 0 Å². The van der Waals surface area contributed by atoms with Crippen LogP contribution in [0.2, 0.25) is 0 Å². The van der Waals surface area contributed by atoms with Crippen molar-refractivity contribution in [2.45, 2.75) is 59.3 Å². The molecule has 150 valence electrons. The maximum atomic E-state index is 12.6. The number of allylic oxidation sites excluding steroid dienone is 2. The first-order valence-corrected chi connectivity index (χ1v) is 10.9. The number of hydrogen-bond donors (Lipinski definition) is 0. The normalized spacial score (nSPS) is 24.0. The van der Waals surface area contributed by atoms with Crippen LogP contribution >= 0.6 is 0 Å². The summed E-state index contributed by atoms with van der Waals surface area (Å²) in [5.74, 6) is 0.783. The van der Waals surface area contributed by atoms with Crippen molar-refractivity contribution in [1.29, 1.82) is 0 Å². The molecule has 3 atom stereocenters. The van der Waals surface area contributed by atoms with Crippen LogP contribution < -0.4 is 0 Å². The second kappa shape index (κ2) is 9.41. The van der Waals surface area contributed by atoms with Crippen molar-refractivity contribution < 1.29 is 9.53 Å².